The van der Waals surface area contributed by atoms with E-state index in [0.29, 0.717) is 5.69 Å². The van der Waals surface area contributed by atoms with Gasteiger partial charge in [0.15, 0.2) is 0 Å². The average molecular weight is 341 g/mol. The van der Waals surface area contributed by atoms with E-state index in [1.54, 1.807) is 12.3 Å². The zero-order valence-electron chi connectivity index (χ0n) is 13.9. The van der Waals surface area contributed by atoms with Crippen LogP contribution in [0.2, 0.25) is 0 Å². The molecule has 0 atom stereocenters. The summed E-state index contributed by atoms with van der Waals surface area (Å²) in [5, 5.41) is 13.5. The molecular weight excluding hydrogens is 322 g/mol. The number of nitrogens with zero attached hydrogens (tertiary/aromatic N) is 4. The Morgan fingerprint density at radius 1 is 1.20 bits per heavy atom. The molecule has 0 bridgehead atoms. The van der Waals surface area contributed by atoms with Crippen LogP contribution in [0.5, 0.6) is 0 Å². The summed E-state index contributed by atoms with van der Waals surface area (Å²) < 4.78 is 0. The van der Waals surface area contributed by atoms with Crippen LogP contribution in [0.15, 0.2) is 42.6 Å². The van der Waals surface area contributed by atoms with Gasteiger partial charge in [0.1, 0.15) is 5.82 Å². The summed E-state index contributed by atoms with van der Waals surface area (Å²) in [7, 11) is 2.09. The number of likely N-dealkylation sites (N-methyl/N-ethyl adjacent to an activating group) is 1. The molecule has 1 aromatic heterocycles. The number of anilines is 2. The zero-order chi connectivity index (χ0) is 17.8. The fourth-order valence-corrected chi connectivity index (χ4v) is 2.65. The number of amides is 1. The van der Waals surface area contributed by atoms with Crippen LogP contribution in [0.1, 0.15) is 10.4 Å². The molecule has 0 aliphatic carbocycles. The van der Waals surface area contributed by atoms with Gasteiger partial charge < -0.3 is 15.1 Å². The smallest absolute Gasteiger partial charge is 0.270 e. The monoisotopic (exact) mass is 341 g/mol. The molecule has 3 rings (SSSR count). The van der Waals surface area contributed by atoms with E-state index in [2.05, 4.69) is 27.1 Å². The van der Waals surface area contributed by atoms with E-state index >= 15 is 0 Å². The summed E-state index contributed by atoms with van der Waals surface area (Å²) in [5.41, 5.74) is 0.669. The number of non-ortho nitro benzene ring substituents is 1. The maximum absolute atomic E-state index is 12.2. The molecule has 25 heavy (non-hydrogen) atoms. The molecule has 130 valence electrons. The Balaban J connectivity index is 1.66. The van der Waals surface area contributed by atoms with Crippen molar-refractivity contribution in [3.8, 4) is 0 Å². The maximum Gasteiger partial charge on any atom is 0.270 e. The molecular formula is C17H19N5O3. The third-order valence-corrected chi connectivity index (χ3v) is 4.15. The number of hydrogen-bond donors (Lipinski definition) is 1. The maximum atomic E-state index is 12.2. The highest BCUT2D eigenvalue weighted by Gasteiger charge is 2.16. The SMILES string of the molecule is CN1CCN(c2ccc(NC(=O)c3cccc([N+](=O)[O-])c3)cn2)CC1. The van der Waals surface area contributed by atoms with Crippen LogP contribution in [0.3, 0.4) is 0 Å². The van der Waals surface area contributed by atoms with Gasteiger partial charge in [0, 0.05) is 43.9 Å². The lowest BCUT2D eigenvalue weighted by atomic mass is 10.2. The zero-order valence-corrected chi connectivity index (χ0v) is 13.9. The van der Waals surface area contributed by atoms with Crippen LogP contribution in [-0.2, 0) is 0 Å². The van der Waals surface area contributed by atoms with Gasteiger partial charge in [-0.1, -0.05) is 6.07 Å². The lowest BCUT2D eigenvalue weighted by Gasteiger charge is -2.33. The highest BCUT2D eigenvalue weighted by atomic mass is 16.6. The molecule has 1 aromatic carbocycles. The molecule has 2 heterocycles. The highest BCUT2D eigenvalue weighted by Crippen LogP contribution is 2.18. The number of benzene rings is 1. The molecule has 0 saturated carbocycles. The molecule has 0 radical (unpaired) electrons. The Hall–Kier alpha value is -3.00. The fourth-order valence-electron chi connectivity index (χ4n) is 2.65. The minimum absolute atomic E-state index is 0.115. The van der Waals surface area contributed by atoms with Crippen LogP contribution in [0, 0.1) is 10.1 Å². The van der Waals surface area contributed by atoms with Crippen LogP contribution in [0.4, 0.5) is 17.2 Å². The molecule has 2 aromatic rings. The predicted molar refractivity (Wildman–Crippen MR) is 95.0 cm³/mol. The van der Waals surface area contributed by atoms with Crippen molar-refractivity contribution < 1.29 is 9.72 Å². The standard InChI is InChI=1S/C17H19N5O3/c1-20-7-9-21(10-8-20)16-6-5-14(12-18-16)19-17(23)13-3-2-4-15(11-13)22(24)25/h2-6,11-12H,7-10H2,1H3,(H,19,23). The summed E-state index contributed by atoms with van der Waals surface area (Å²) in [6, 6.07) is 9.28. The van der Waals surface area contributed by atoms with Gasteiger partial charge in [-0.2, -0.15) is 0 Å². The van der Waals surface area contributed by atoms with Crippen LogP contribution in [-0.4, -0.2) is 53.9 Å². The number of carbonyl (C=O) groups is 1. The number of nitro groups is 1. The Morgan fingerprint density at radius 3 is 2.60 bits per heavy atom. The second-order valence-corrected chi connectivity index (χ2v) is 5.96. The van der Waals surface area contributed by atoms with Crippen molar-refractivity contribution in [1.29, 1.82) is 0 Å². The number of nitrogens with one attached hydrogen (secondary N) is 1. The Bertz CT molecular complexity index is 770. The van der Waals surface area contributed by atoms with Crippen molar-refractivity contribution in [2.24, 2.45) is 0 Å². The van der Waals surface area contributed by atoms with E-state index in [1.807, 2.05) is 6.07 Å². The van der Waals surface area contributed by atoms with Crippen molar-refractivity contribution in [1.82, 2.24) is 9.88 Å². The number of rotatable bonds is 4. The first-order valence-corrected chi connectivity index (χ1v) is 7.98. The third-order valence-electron chi connectivity index (χ3n) is 4.15. The molecule has 8 nitrogen and oxygen atoms in total. The first-order valence-electron chi connectivity index (χ1n) is 7.98. The number of piperazine rings is 1. The summed E-state index contributed by atoms with van der Waals surface area (Å²) in [4.78, 5) is 31.4. The second-order valence-electron chi connectivity index (χ2n) is 5.96. The van der Waals surface area contributed by atoms with Gasteiger partial charge in [0.05, 0.1) is 16.8 Å². The summed E-state index contributed by atoms with van der Waals surface area (Å²) >= 11 is 0. The van der Waals surface area contributed by atoms with E-state index in [4.69, 9.17) is 0 Å². The predicted octanol–water partition coefficient (Wildman–Crippen LogP) is 1.99. The van der Waals surface area contributed by atoms with Gasteiger partial charge in [-0.15, -0.1) is 0 Å². The normalized spacial score (nSPS) is 15.0. The first-order chi connectivity index (χ1) is 12.0. The molecule has 1 saturated heterocycles. The highest BCUT2D eigenvalue weighted by molar-refractivity contribution is 6.04. The van der Waals surface area contributed by atoms with Gasteiger partial charge in [0.2, 0.25) is 0 Å². The second kappa shape index (κ2) is 7.27. The molecule has 0 unspecified atom stereocenters. The van der Waals surface area contributed by atoms with E-state index in [-0.39, 0.29) is 11.3 Å². The van der Waals surface area contributed by atoms with Crippen LogP contribution < -0.4 is 10.2 Å². The summed E-state index contributed by atoms with van der Waals surface area (Å²) in [6.45, 7) is 3.83. The van der Waals surface area contributed by atoms with Crippen molar-refractivity contribution in [2.75, 3.05) is 43.4 Å². The van der Waals surface area contributed by atoms with Crippen molar-refractivity contribution in [2.45, 2.75) is 0 Å². The number of nitro benzene ring substituents is 1. The largest absolute Gasteiger partial charge is 0.354 e. The number of hydrogen-bond acceptors (Lipinski definition) is 6. The van der Waals surface area contributed by atoms with Crippen LogP contribution in [0.25, 0.3) is 0 Å². The van der Waals surface area contributed by atoms with Gasteiger partial charge >= 0.3 is 0 Å². The fraction of sp³-hybridized carbons (Fsp3) is 0.294. The molecule has 1 aliphatic rings. The van der Waals surface area contributed by atoms with Gasteiger partial charge in [-0.3, -0.25) is 14.9 Å². The quantitative estimate of drug-likeness (QED) is 0.675. The minimum atomic E-state index is -0.525. The lowest BCUT2D eigenvalue weighted by molar-refractivity contribution is -0.384. The summed E-state index contributed by atoms with van der Waals surface area (Å²) in [5.74, 6) is 0.472. The van der Waals surface area contributed by atoms with Crippen LogP contribution >= 0.6 is 0 Å². The van der Waals surface area contributed by atoms with Gasteiger partial charge in [0.25, 0.3) is 11.6 Å². The first kappa shape index (κ1) is 16.8. The van der Waals surface area contributed by atoms with E-state index in [1.165, 1.54) is 24.3 Å². The van der Waals surface area contributed by atoms with Gasteiger partial charge in [-0.05, 0) is 25.2 Å². The minimum Gasteiger partial charge on any atom is -0.354 e. The van der Waals surface area contributed by atoms with Crippen molar-refractivity contribution >= 4 is 23.1 Å². The van der Waals surface area contributed by atoms with E-state index in [0.717, 1.165) is 32.0 Å². The number of carbonyl (C=O) groups excluding carboxylic acids is 1. The molecule has 1 aliphatic heterocycles. The third kappa shape index (κ3) is 4.10. The molecule has 1 fully saturated rings. The lowest BCUT2D eigenvalue weighted by Crippen LogP contribution is -2.44. The van der Waals surface area contributed by atoms with Crippen molar-refractivity contribution in [3.63, 3.8) is 0 Å². The number of aromatic nitrogens is 1. The van der Waals surface area contributed by atoms with E-state index < -0.39 is 10.8 Å². The summed E-state index contributed by atoms with van der Waals surface area (Å²) in [6.07, 6.45) is 1.60. The molecule has 1 amide bonds. The molecule has 8 heteroatoms. The molecule has 1 N–H and O–H groups in total. The Morgan fingerprint density at radius 2 is 1.96 bits per heavy atom. The average Bonchev–Trinajstić information content (AvgIpc) is 2.63. The Kier molecular flexibility index (Phi) is 4.90. The number of pyridine rings is 1. The van der Waals surface area contributed by atoms with E-state index in [9.17, 15) is 14.9 Å². The Labute approximate surface area is 145 Å². The van der Waals surface area contributed by atoms with Crippen molar-refractivity contribution in [3.05, 3.63) is 58.3 Å². The topological polar surface area (TPSA) is 91.6 Å². The van der Waals surface area contributed by atoms with Gasteiger partial charge in [-0.25, -0.2) is 4.98 Å². The molecule has 0 spiro atoms.